The lowest BCUT2D eigenvalue weighted by Gasteiger charge is -2.35. The third-order valence-electron chi connectivity index (χ3n) is 4.72. The third-order valence-corrected chi connectivity index (χ3v) is 4.72. The van der Waals surface area contributed by atoms with Gasteiger partial charge in [0.1, 0.15) is 0 Å². The first-order valence-corrected chi connectivity index (χ1v) is 9.02. The fourth-order valence-corrected chi connectivity index (χ4v) is 3.26. The molecule has 0 atom stereocenters. The predicted octanol–water partition coefficient (Wildman–Crippen LogP) is 1.41. The van der Waals surface area contributed by atoms with E-state index >= 15 is 0 Å². The van der Waals surface area contributed by atoms with Gasteiger partial charge in [-0.15, -0.1) is 0 Å². The van der Waals surface area contributed by atoms with E-state index in [-0.39, 0.29) is 17.9 Å². The highest BCUT2D eigenvalue weighted by molar-refractivity contribution is 5.80. The lowest BCUT2D eigenvalue weighted by Crippen LogP contribution is -2.48. The minimum atomic E-state index is -0.00599. The number of carbonyl (C=O) groups excluding carboxylic acids is 2. The van der Waals surface area contributed by atoms with Crippen LogP contribution in [0.4, 0.5) is 4.79 Å². The molecule has 6 heteroatoms. The molecule has 138 valence electrons. The van der Waals surface area contributed by atoms with E-state index in [1.165, 1.54) is 5.56 Å². The first-order chi connectivity index (χ1) is 12.0. The van der Waals surface area contributed by atoms with Crippen LogP contribution in [0.3, 0.4) is 0 Å². The zero-order valence-electron chi connectivity index (χ0n) is 15.4. The Balaban J connectivity index is 1.88. The summed E-state index contributed by atoms with van der Waals surface area (Å²) in [7, 11) is 3.51. The van der Waals surface area contributed by atoms with Gasteiger partial charge < -0.3 is 20.4 Å². The smallest absolute Gasteiger partial charge is 0.319 e. The highest BCUT2D eigenvalue weighted by Crippen LogP contribution is 2.20. The number of urea groups is 1. The van der Waals surface area contributed by atoms with Crippen molar-refractivity contribution in [2.75, 3.05) is 46.8 Å². The molecular weight excluding hydrogens is 316 g/mol. The van der Waals surface area contributed by atoms with Crippen LogP contribution in [0.15, 0.2) is 30.3 Å². The van der Waals surface area contributed by atoms with Crippen LogP contribution in [0.25, 0.3) is 0 Å². The number of rotatable bonds is 6. The van der Waals surface area contributed by atoms with E-state index in [4.69, 9.17) is 5.73 Å². The Bertz CT molecular complexity index is 554. The topological polar surface area (TPSA) is 69.9 Å². The monoisotopic (exact) mass is 346 g/mol. The van der Waals surface area contributed by atoms with Crippen molar-refractivity contribution in [1.82, 2.24) is 14.7 Å². The highest BCUT2D eigenvalue weighted by Gasteiger charge is 2.30. The normalized spacial score (nSPS) is 15.1. The number of nitrogens with two attached hydrogens (primary N) is 1. The van der Waals surface area contributed by atoms with Crippen LogP contribution in [0.5, 0.6) is 0 Å². The van der Waals surface area contributed by atoms with Gasteiger partial charge in [0.15, 0.2) is 0 Å². The Kier molecular flexibility index (Phi) is 7.25. The summed E-state index contributed by atoms with van der Waals surface area (Å²) in [4.78, 5) is 30.2. The van der Waals surface area contributed by atoms with Crippen LogP contribution < -0.4 is 5.73 Å². The number of likely N-dealkylation sites (tertiary alicyclic amines) is 1. The maximum atomic E-state index is 12.9. The average molecular weight is 346 g/mol. The molecule has 2 N–H and O–H groups in total. The number of piperidine rings is 1. The summed E-state index contributed by atoms with van der Waals surface area (Å²) in [5.41, 5.74) is 6.93. The van der Waals surface area contributed by atoms with Crippen LogP contribution in [-0.2, 0) is 11.2 Å². The Morgan fingerprint density at radius 3 is 2.32 bits per heavy atom. The van der Waals surface area contributed by atoms with Crippen LogP contribution in [0, 0.1) is 5.92 Å². The minimum Gasteiger partial charge on any atom is -0.341 e. The quantitative estimate of drug-likeness (QED) is 0.847. The first-order valence-electron chi connectivity index (χ1n) is 9.02. The molecule has 1 aromatic rings. The van der Waals surface area contributed by atoms with Crippen molar-refractivity contribution in [3.05, 3.63) is 35.9 Å². The Morgan fingerprint density at radius 2 is 1.76 bits per heavy atom. The molecule has 6 nitrogen and oxygen atoms in total. The molecule has 1 aromatic carbocycles. The largest absolute Gasteiger partial charge is 0.341 e. The molecule has 0 aliphatic carbocycles. The lowest BCUT2D eigenvalue weighted by atomic mass is 9.95. The molecule has 0 saturated carbocycles. The van der Waals surface area contributed by atoms with Gasteiger partial charge in [-0.05, 0) is 24.8 Å². The van der Waals surface area contributed by atoms with Gasteiger partial charge in [0.25, 0.3) is 0 Å². The molecule has 2 rings (SSSR count). The van der Waals surface area contributed by atoms with E-state index in [0.29, 0.717) is 32.7 Å². The Labute approximate surface area is 150 Å². The third kappa shape index (κ3) is 5.46. The van der Waals surface area contributed by atoms with E-state index in [0.717, 1.165) is 19.3 Å². The fourth-order valence-electron chi connectivity index (χ4n) is 3.26. The lowest BCUT2D eigenvalue weighted by molar-refractivity contribution is -0.136. The van der Waals surface area contributed by atoms with Crippen molar-refractivity contribution in [3.63, 3.8) is 0 Å². The molecule has 3 amide bonds. The van der Waals surface area contributed by atoms with Crippen LogP contribution in [0.2, 0.25) is 0 Å². The summed E-state index contributed by atoms with van der Waals surface area (Å²) in [6.45, 7) is 3.03. The number of benzene rings is 1. The van der Waals surface area contributed by atoms with Crippen molar-refractivity contribution in [1.29, 1.82) is 0 Å². The molecule has 0 bridgehead atoms. The van der Waals surface area contributed by atoms with Crippen LogP contribution in [-0.4, -0.2) is 73.5 Å². The summed E-state index contributed by atoms with van der Waals surface area (Å²) >= 11 is 0. The molecule has 1 heterocycles. The maximum absolute atomic E-state index is 12.9. The number of hydrogen-bond acceptors (Lipinski definition) is 3. The Morgan fingerprint density at radius 1 is 1.12 bits per heavy atom. The second-order valence-corrected chi connectivity index (χ2v) is 6.79. The average Bonchev–Trinajstić information content (AvgIpc) is 2.65. The minimum absolute atomic E-state index is 0.00599. The van der Waals surface area contributed by atoms with Gasteiger partial charge in [0, 0.05) is 52.7 Å². The summed E-state index contributed by atoms with van der Waals surface area (Å²) in [5.74, 6) is 0.173. The summed E-state index contributed by atoms with van der Waals surface area (Å²) in [5, 5.41) is 0. The Hall–Kier alpha value is -2.08. The van der Waals surface area contributed by atoms with E-state index < -0.39 is 0 Å². The molecule has 0 aromatic heterocycles. The highest BCUT2D eigenvalue weighted by atomic mass is 16.2. The summed E-state index contributed by atoms with van der Waals surface area (Å²) < 4.78 is 0. The van der Waals surface area contributed by atoms with Gasteiger partial charge in [-0.1, -0.05) is 30.3 Å². The van der Waals surface area contributed by atoms with Gasteiger partial charge in [-0.3, -0.25) is 4.79 Å². The van der Waals surface area contributed by atoms with Crippen LogP contribution >= 0.6 is 0 Å². The van der Waals surface area contributed by atoms with Crippen molar-refractivity contribution in [3.8, 4) is 0 Å². The van der Waals surface area contributed by atoms with Crippen molar-refractivity contribution in [2.24, 2.45) is 11.7 Å². The standard InChI is InChI=1S/C19H30N4O2/c1-21(2)19(25)23-13-9-17(10-14-23)18(24)22(15-11-20)12-8-16-6-4-3-5-7-16/h3-7,17H,8-15,20H2,1-2H3. The zero-order chi connectivity index (χ0) is 18.2. The van der Waals surface area contributed by atoms with Crippen molar-refractivity contribution >= 4 is 11.9 Å². The molecule has 0 radical (unpaired) electrons. The van der Waals surface area contributed by atoms with Gasteiger partial charge in [-0.2, -0.15) is 0 Å². The number of hydrogen-bond donors (Lipinski definition) is 1. The van der Waals surface area contributed by atoms with Gasteiger partial charge in [0.05, 0.1) is 0 Å². The van der Waals surface area contributed by atoms with E-state index in [1.807, 2.05) is 28.0 Å². The van der Waals surface area contributed by atoms with E-state index in [9.17, 15) is 9.59 Å². The molecule has 1 saturated heterocycles. The van der Waals surface area contributed by atoms with Gasteiger partial charge in [-0.25, -0.2) is 4.79 Å². The molecular formula is C19H30N4O2. The number of amides is 3. The fraction of sp³-hybridized carbons (Fsp3) is 0.579. The van der Waals surface area contributed by atoms with Gasteiger partial charge in [0.2, 0.25) is 5.91 Å². The van der Waals surface area contributed by atoms with E-state index in [1.54, 1.807) is 19.0 Å². The second kappa shape index (κ2) is 9.42. The summed E-state index contributed by atoms with van der Waals surface area (Å²) in [6.07, 6.45) is 2.29. The number of carbonyl (C=O) groups is 2. The predicted molar refractivity (Wildman–Crippen MR) is 99.2 cm³/mol. The molecule has 0 unspecified atom stereocenters. The first kappa shape index (κ1) is 19.2. The van der Waals surface area contributed by atoms with Crippen molar-refractivity contribution in [2.45, 2.75) is 19.3 Å². The number of nitrogens with zero attached hydrogens (tertiary/aromatic N) is 3. The van der Waals surface area contributed by atoms with E-state index in [2.05, 4.69) is 12.1 Å². The van der Waals surface area contributed by atoms with Crippen LogP contribution in [0.1, 0.15) is 18.4 Å². The second-order valence-electron chi connectivity index (χ2n) is 6.79. The SMILES string of the molecule is CN(C)C(=O)N1CCC(C(=O)N(CCN)CCc2ccccc2)CC1. The molecule has 1 aliphatic rings. The zero-order valence-corrected chi connectivity index (χ0v) is 15.4. The van der Waals surface area contributed by atoms with Crippen molar-refractivity contribution < 1.29 is 9.59 Å². The molecule has 0 spiro atoms. The maximum Gasteiger partial charge on any atom is 0.319 e. The van der Waals surface area contributed by atoms with Gasteiger partial charge >= 0.3 is 6.03 Å². The summed E-state index contributed by atoms with van der Waals surface area (Å²) in [6, 6.07) is 10.2. The molecule has 1 aliphatic heterocycles. The molecule has 25 heavy (non-hydrogen) atoms. The molecule has 1 fully saturated rings.